The van der Waals surface area contributed by atoms with Crippen LogP contribution < -0.4 is 16.0 Å². The van der Waals surface area contributed by atoms with Crippen LogP contribution >= 0.6 is 12.2 Å². The summed E-state index contributed by atoms with van der Waals surface area (Å²) in [6.07, 6.45) is 1.89. The molecule has 0 fully saturated rings. The van der Waals surface area contributed by atoms with Gasteiger partial charge in [-0.25, -0.2) is 0 Å². The quantitative estimate of drug-likeness (QED) is 0.285. The van der Waals surface area contributed by atoms with E-state index in [1.165, 1.54) is 24.3 Å². The van der Waals surface area contributed by atoms with Crippen LogP contribution in [0.15, 0.2) is 48.5 Å². The number of hydrogen-bond donors (Lipinski definition) is 3. The second kappa shape index (κ2) is 10.1. The first-order valence-corrected chi connectivity index (χ1v) is 9.06. The Bertz CT molecular complexity index is 901. The zero-order chi connectivity index (χ0) is 20.5. The summed E-state index contributed by atoms with van der Waals surface area (Å²) in [5, 5.41) is 18.9. The number of rotatable bonds is 7. The third-order valence-electron chi connectivity index (χ3n) is 3.74. The average molecular weight is 400 g/mol. The van der Waals surface area contributed by atoms with Gasteiger partial charge < -0.3 is 10.6 Å². The molecule has 0 saturated heterocycles. The van der Waals surface area contributed by atoms with E-state index in [9.17, 15) is 19.7 Å². The molecule has 8 nitrogen and oxygen atoms in total. The van der Waals surface area contributed by atoms with E-state index in [0.29, 0.717) is 17.8 Å². The van der Waals surface area contributed by atoms with E-state index in [0.717, 1.165) is 12.8 Å². The normalized spacial score (nSPS) is 10.0. The van der Waals surface area contributed by atoms with Gasteiger partial charge in [0, 0.05) is 35.5 Å². The summed E-state index contributed by atoms with van der Waals surface area (Å²) in [6, 6.07) is 12.0. The van der Waals surface area contributed by atoms with Gasteiger partial charge in [0.15, 0.2) is 5.11 Å². The van der Waals surface area contributed by atoms with Gasteiger partial charge in [0.2, 0.25) is 0 Å². The van der Waals surface area contributed by atoms with Crippen LogP contribution in [0.3, 0.4) is 0 Å². The molecule has 0 unspecified atom stereocenters. The van der Waals surface area contributed by atoms with Crippen molar-refractivity contribution >= 4 is 40.5 Å². The van der Waals surface area contributed by atoms with Crippen molar-refractivity contribution in [3.63, 3.8) is 0 Å². The van der Waals surface area contributed by atoms with Gasteiger partial charge >= 0.3 is 0 Å². The minimum atomic E-state index is -0.579. The Morgan fingerprint density at radius 2 is 1.75 bits per heavy atom. The number of non-ortho nitro benzene ring substituents is 1. The Hall–Kier alpha value is -3.33. The first-order valence-electron chi connectivity index (χ1n) is 8.65. The van der Waals surface area contributed by atoms with Crippen LogP contribution in [0, 0.1) is 10.1 Å². The maximum atomic E-state index is 12.2. The van der Waals surface area contributed by atoms with Crippen molar-refractivity contribution in [1.82, 2.24) is 10.6 Å². The highest BCUT2D eigenvalue weighted by Gasteiger charge is 2.13. The summed E-state index contributed by atoms with van der Waals surface area (Å²) in [6.45, 7) is 2.64. The zero-order valence-electron chi connectivity index (χ0n) is 15.2. The Morgan fingerprint density at radius 1 is 1.07 bits per heavy atom. The van der Waals surface area contributed by atoms with E-state index in [4.69, 9.17) is 12.2 Å². The van der Waals surface area contributed by atoms with Crippen molar-refractivity contribution < 1.29 is 14.5 Å². The number of nitro benzene ring substituents is 1. The minimum Gasteiger partial charge on any atom is -0.352 e. The van der Waals surface area contributed by atoms with E-state index < -0.39 is 10.8 Å². The van der Waals surface area contributed by atoms with Crippen molar-refractivity contribution in [3.05, 3.63) is 69.8 Å². The molecule has 0 spiro atoms. The van der Waals surface area contributed by atoms with Crippen LogP contribution in [-0.4, -0.2) is 28.4 Å². The number of benzene rings is 2. The van der Waals surface area contributed by atoms with Gasteiger partial charge in [0.05, 0.1) is 4.92 Å². The number of carbonyl (C=O) groups is 2. The predicted octanol–water partition coefficient (Wildman–Crippen LogP) is 3.25. The Kier molecular flexibility index (Phi) is 7.58. The molecule has 3 N–H and O–H groups in total. The van der Waals surface area contributed by atoms with Gasteiger partial charge in [-0.2, -0.15) is 0 Å². The molecule has 9 heteroatoms. The highest BCUT2D eigenvalue weighted by Crippen LogP contribution is 2.14. The standard InChI is InChI=1S/C19H20N4O4S/c1-2-3-10-20-17(24)13-6-4-8-15(11-13)21-19(28)22-18(25)14-7-5-9-16(12-14)23(26)27/h4-9,11-12H,2-3,10H2,1H3,(H,20,24)(H2,21,22,25,28). The smallest absolute Gasteiger partial charge is 0.270 e. The summed E-state index contributed by atoms with van der Waals surface area (Å²) < 4.78 is 0. The summed E-state index contributed by atoms with van der Waals surface area (Å²) in [5.41, 5.74) is 0.928. The van der Waals surface area contributed by atoms with Gasteiger partial charge in [-0.05, 0) is 42.9 Å². The first-order chi connectivity index (χ1) is 13.4. The number of unbranched alkanes of at least 4 members (excludes halogenated alkanes) is 1. The monoisotopic (exact) mass is 400 g/mol. The van der Waals surface area contributed by atoms with Crippen LogP contribution in [0.4, 0.5) is 11.4 Å². The number of nitro groups is 1. The van der Waals surface area contributed by atoms with Crippen molar-refractivity contribution in [2.75, 3.05) is 11.9 Å². The minimum absolute atomic E-state index is 0.0139. The van der Waals surface area contributed by atoms with Crippen molar-refractivity contribution in [1.29, 1.82) is 0 Å². The highest BCUT2D eigenvalue weighted by molar-refractivity contribution is 7.80. The molecule has 2 aromatic carbocycles. The number of nitrogens with zero attached hydrogens (tertiary/aromatic N) is 1. The molecular weight excluding hydrogens is 380 g/mol. The maximum absolute atomic E-state index is 12.2. The molecule has 0 atom stereocenters. The zero-order valence-corrected chi connectivity index (χ0v) is 16.0. The predicted molar refractivity (Wildman–Crippen MR) is 110 cm³/mol. The van der Waals surface area contributed by atoms with Crippen LogP contribution in [0.5, 0.6) is 0 Å². The van der Waals surface area contributed by atoms with Gasteiger partial charge in [0.1, 0.15) is 0 Å². The number of hydrogen-bond acceptors (Lipinski definition) is 5. The van der Waals surface area contributed by atoms with Crippen LogP contribution in [0.2, 0.25) is 0 Å². The van der Waals surface area contributed by atoms with Crippen molar-refractivity contribution in [2.24, 2.45) is 0 Å². The van der Waals surface area contributed by atoms with Crippen LogP contribution in [0.1, 0.15) is 40.5 Å². The maximum Gasteiger partial charge on any atom is 0.270 e. The molecule has 2 aromatic rings. The molecule has 0 aliphatic heterocycles. The number of nitrogens with one attached hydrogen (secondary N) is 3. The lowest BCUT2D eigenvalue weighted by Crippen LogP contribution is -2.34. The molecular formula is C19H20N4O4S. The van der Waals surface area contributed by atoms with E-state index >= 15 is 0 Å². The SMILES string of the molecule is CCCCNC(=O)c1cccc(NC(=S)NC(=O)c2cccc([N+](=O)[O-])c2)c1. The van der Waals surface area contributed by atoms with E-state index in [1.807, 2.05) is 6.92 Å². The molecule has 0 saturated carbocycles. The fourth-order valence-corrected chi connectivity index (χ4v) is 2.53. The second-order valence-corrected chi connectivity index (χ2v) is 6.31. The van der Waals surface area contributed by atoms with E-state index in [1.54, 1.807) is 24.3 Å². The fraction of sp³-hybridized carbons (Fsp3) is 0.211. The lowest BCUT2D eigenvalue weighted by atomic mass is 10.2. The summed E-state index contributed by atoms with van der Waals surface area (Å²) >= 11 is 5.11. The van der Waals surface area contributed by atoms with E-state index in [-0.39, 0.29) is 22.3 Å². The third-order valence-corrected chi connectivity index (χ3v) is 3.95. The fourth-order valence-electron chi connectivity index (χ4n) is 2.32. The van der Waals surface area contributed by atoms with Crippen molar-refractivity contribution in [2.45, 2.75) is 19.8 Å². The van der Waals surface area contributed by atoms with Crippen molar-refractivity contribution in [3.8, 4) is 0 Å². The first kappa shape index (κ1) is 21.0. The molecule has 0 bridgehead atoms. The number of anilines is 1. The summed E-state index contributed by atoms with van der Waals surface area (Å²) in [7, 11) is 0. The molecule has 2 rings (SSSR count). The Morgan fingerprint density at radius 3 is 2.43 bits per heavy atom. The largest absolute Gasteiger partial charge is 0.352 e. The topological polar surface area (TPSA) is 113 Å². The number of thiocarbonyl (C=S) groups is 1. The highest BCUT2D eigenvalue weighted by atomic mass is 32.1. The second-order valence-electron chi connectivity index (χ2n) is 5.91. The summed E-state index contributed by atoms with van der Waals surface area (Å²) in [4.78, 5) is 34.6. The van der Waals surface area contributed by atoms with E-state index in [2.05, 4.69) is 16.0 Å². The Balaban J connectivity index is 1.98. The van der Waals surface area contributed by atoms with Gasteiger partial charge in [-0.3, -0.25) is 25.0 Å². The third kappa shape index (κ3) is 6.13. The van der Waals surface area contributed by atoms with Gasteiger partial charge in [-0.1, -0.05) is 25.5 Å². The molecule has 28 heavy (non-hydrogen) atoms. The number of carbonyl (C=O) groups excluding carboxylic acids is 2. The molecule has 2 amide bonds. The lowest BCUT2D eigenvalue weighted by molar-refractivity contribution is -0.384. The molecule has 0 heterocycles. The average Bonchev–Trinajstić information content (AvgIpc) is 2.68. The molecule has 146 valence electrons. The molecule has 0 aliphatic carbocycles. The summed E-state index contributed by atoms with van der Waals surface area (Å²) in [5.74, 6) is -0.765. The van der Waals surface area contributed by atoms with Crippen LogP contribution in [-0.2, 0) is 0 Å². The number of amides is 2. The van der Waals surface area contributed by atoms with Crippen LogP contribution in [0.25, 0.3) is 0 Å². The molecule has 0 aliphatic rings. The van der Waals surface area contributed by atoms with Gasteiger partial charge in [-0.15, -0.1) is 0 Å². The molecule has 0 aromatic heterocycles. The lowest BCUT2D eigenvalue weighted by Gasteiger charge is -2.11. The molecule has 0 radical (unpaired) electrons. The Labute approximate surface area is 167 Å². The van der Waals surface area contributed by atoms with Gasteiger partial charge in [0.25, 0.3) is 17.5 Å².